The zero-order chi connectivity index (χ0) is 14.8. The van der Waals surface area contributed by atoms with Gasteiger partial charge in [-0.3, -0.25) is 0 Å². The Hall–Kier alpha value is -1.94. The standard InChI is InChI=1S/C16H17ClFN3/c17-12-1-4-14(5-2-12)20-7-9-21(10-8-20)16-11-13(18)3-6-15(16)19/h1-6,11H,7-10,19H2. The number of anilines is 3. The highest BCUT2D eigenvalue weighted by molar-refractivity contribution is 6.30. The summed E-state index contributed by atoms with van der Waals surface area (Å²) >= 11 is 5.91. The first kappa shape index (κ1) is 14.0. The molecule has 21 heavy (non-hydrogen) atoms. The molecule has 0 unspecified atom stereocenters. The maximum atomic E-state index is 13.4. The summed E-state index contributed by atoms with van der Waals surface area (Å²) in [6, 6.07) is 12.4. The van der Waals surface area contributed by atoms with Gasteiger partial charge in [0.2, 0.25) is 0 Å². The van der Waals surface area contributed by atoms with E-state index in [1.807, 2.05) is 24.3 Å². The van der Waals surface area contributed by atoms with Crippen LogP contribution in [-0.2, 0) is 0 Å². The van der Waals surface area contributed by atoms with Crippen molar-refractivity contribution < 1.29 is 4.39 Å². The van der Waals surface area contributed by atoms with E-state index < -0.39 is 0 Å². The van der Waals surface area contributed by atoms with Crippen molar-refractivity contribution in [3.8, 4) is 0 Å². The van der Waals surface area contributed by atoms with Crippen molar-refractivity contribution in [3.63, 3.8) is 0 Å². The lowest BCUT2D eigenvalue weighted by Crippen LogP contribution is -2.46. The average Bonchev–Trinajstić information content (AvgIpc) is 2.51. The number of rotatable bonds is 2. The fraction of sp³-hybridized carbons (Fsp3) is 0.250. The Morgan fingerprint density at radius 2 is 1.52 bits per heavy atom. The molecule has 1 fully saturated rings. The van der Waals surface area contributed by atoms with Crippen molar-refractivity contribution in [2.75, 3.05) is 41.7 Å². The molecule has 0 aliphatic carbocycles. The van der Waals surface area contributed by atoms with Crippen LogP contribution in [0, 0.1) is 5.82 Å². The largest absolute Gasteiger partial charge is 0.397 e. The molecule has 1 aliphatic heterocycles. The molecule has 1 aliphatic rings. The fourth-order valence-electron chi connectivity index (χ4n) is 2.65. The van der Waals surface area contributed by atoms with E-state index in [1.165, 1.54) is 12.1 Å². The Kier molecular flexibility index (Phi) is 3.88. The van der Waals surface area contributed by atoms with Gasteiger partial charge in [-0.1, -0.05) is 11.6 Å². The summed E-state index contributed by atoms with van der Waals surface area (Å²) < 4.78 is 13.4. The van der Waals surface area contributed by atoms with Crippen LogP contribution in [0.5, 0.6) is 0 Å². The van der Waals surface area contributed by atoms with Crippen LogP contribution < -0.4 is 15.5 Å². The molecule has 0 spiro atoms. The minimum atomic E-state index is -0.251. The highest BCUT2D eigenvalue weighted by atomic mass is 35.5. The van der Waals surface area contributed by atoms with E-state index in [2.05, 4.69) is 9.80 Å². The van der Waals surface area contributed by atoms with E-state index in [1.54, 1.807) is 6.07 Å². The summed E-state index contributed by atoms with van der Waals surface area (Å²) in [4.78, 5) is 4.42. The van der Waals surface area contributed by atoms with Gasteiger partial charge >= 0.3 is 0 Å². The van der Waals surface area contributed by atoms with Gasteiger partial charge in [0.05, 0.1) is 11.4 Å². The van der Waals surface area contributed by atoms with Gasteiger partial charge in [-0.15, -0.1) is 0 Å². The lowest BCUT2D eigenvalue weighted by molar-refractivity contribution is 0.621. The summed E-state index contributed by atoms with van der Waals surface area (Å²) in [6.45, 7) is 3.38. The molecule has 1 heterocycles. The molecule has 0 saturated carbocycles. The molecule has 1 saturated heterocycles. The maximum absolute atomic E-state index is 13.4. The molecule has 0 amide bonds. The highest BCUT2D eigenvalue weighted by Gasteiger charge is 2.19. The third-order valence-electron chi connectivity index (χ3n) is 3.80. The van der Waals surface area contributed by atoms with Crippen LogP contribution in [0.2, 0.25) is 5.02 Å². The van der Waals surface area contributed by atoms with Crippen molar-refractivity contribution in [2.45, 2.75) is 0 Å². The van der Waals surface area contributed by atoms with Crippen molar-refractivity contribution in [1.29, 1.82) is 0 Å². The molecule has 3 rings (SSSR count). The third-order valence-corrected chi connectivity index (χ3v) is 4.06. The number of hydrogen-bond acceptors (Lipinski definition) is 3. The Balaban J connectivity index is 1.70. The number of halogens is 2. The van der Waals surface area contributed by atoms with Crippen LogP contribution in [0.15, 0.2) is 42.5 Å². The minimum absolute atomic E-state index is 0.251. The predicted octanol–water partition coefficient (Wildman–Crippen LogP) is 3.39. The Morgan fingerprint density at radius 3 is 2.19 bits per heavy atom. The Labute approximate surface area is 128 Å². The molecule has 2 aromatic carbocycles. The monoisotopic (exact) mass is 305 g/mol. The topological polar surface area (TPSA) is 32.5 Å². The number of piperazine rings is 1. The molecular formula is C16H17ClFN3. The molecule has 0 bridgehead atoms. The van der Waals surface area contributed by atoms with E-state index in [-0.39, 0.29) is 5.82 Å². The fourth-order valence-corrected chi connectivity index (χ4v) is 2.77. The van der Waals surface area contributed by atoms with Crippen LogP contribution in [0.25, 0.3) is 0 Å². The van der Waals surface area contributed by atoms with Crippen LogP contribution in [0.3, 0.4) is 0 Å². The van der Waals surface area contributed by atoms with Gasteiger partial charge in [0.25, 0.3) is 0 Å². The SMILES string of the molecule is Nc1ccc(F)cc1N1CCN(c2ccc(Cl)cc2)CC1. The van der Waals surface area contributed by atoms with Gasteiger partial charge < -0.3 is 15.5 Å². The van der Waals surface area contributed by atoms with Gasteiger partial charge in [0, 0.05) is 36.9 Å². The van der Waals surface area contributed by atoms with Gasteiger partial charge in [-0.05, 0) is 42.5 Å². The van der Waals surface area contributed by atoms with Crippen LogP contribution in [0.4, 0.5) is 21.5 Å². The molecule has 110 valence electrons. The van der Waals surface area contributed by atoms with Crippen LogP contribution in [-0.4, -0.2) is 26.2 Å². The number of hydrogen-bond donors (Lipinski definition) is 1. The molecule has 2 aromatic rings. The van der Waals surface area contributed by atoms with E-state index in [4.69, 9.17) is 17.3 Å². The maximum Gasteiger partial charge on any atom is 0.125 e. The predicted molar refractivity (Wildman–Crippen MR) is 86.7 cm³/mol. The lowest BCUT2D eigenvalue weighted by atomic mass is 10.2. The summed E-state index contributed by atoms with van der Waals surface area (Å²) in [5.41, 5.74) is 8.51. The summed E-state index contributed by atoms with van der Waals surface area (Å²) in [5, 5.41) is 0.741. The lowest BCUT2D eigenvalue weighted by Gasteiger charge is -2.37. The second-order valence-electron chi connectivity index (χ2n) is 5.15. The molecule has 2 N–H and O–H groups in total. The summed E-state index contributed by atoms with van der Waals surface area (Å²) in [6.07, 6.45) is 0. The van der Waals surface area contributed by atoms with Gasteiger partial charge in [-0.25, -0.2) is 4.39 Å². The average molecular weight is 306 g/mol. The van der Waals surface area contributed by atoms with E-state index >= 15 is 0 Å². The zero-order valence-electron chi connectivity index (χ0n) is 11.6. The first-order valence-corrected chi connectivity index (χ1v) is 7.32. The first-order chi connectivity index (χ1) is 10.1. The normalized spacial score (nSPS) is 15.3. The van der Waals surface area contributed by atoms with Crippen LogP contribution >= 0.6 is 11.6 Å². The van der Waals surface area contributed by atoms with Gasteiger partial charge in [-0.2, -0.15) is 0 Å². The molecule has 0 atom stereocenters. The summed E-state index contributed by atoms with van der Waals surface area (Å²) in [7, 11) is 0. The van der Waals surface area contributed by atoms with E-state index in [9.17, 15) is 4.39 Å². The van der Waals surface area contributed by atoms with Crippen LogP contribution in [0.1, 0.15) is 0 Å². The molecular weight excluding hydrogens is 289 g/mol. The smallest absolute Gasteiger partial charge is 0.125 e. The number of nitrogens with zero attached hydrogens (tertiary/aromatic N) is 2. The quantitative estimate of drug-likeness (QED) is 0.863. The summed E-state index contributed by atoms with van der Waals surface area (Å²) in [5.74, 6) is -0.251. The Bertz CT molecular complexity index is 622. The Morgan fingerprint density at radius 1 is 0.905 bits per heavy atom. The van der Waals surface area contributed by atoms with Crippen molar-refractivity contribution in [1.82, 2.24) is 0 Å². The van der Waals surface area contributed by atoms with E-state index in [0.717, 1.165) is 42.6 Å². The zero-order valence-corrected chi connectivity index (χ0v) is 12.4. The molecule has 0 aromatic heterocycles. The molecule has 0 radical (unpaired) electrons. The minimum Gasteiger partial charge on any atom is -0.397 e. The van der Waals surface area contributed by atoms with Crippen molar-refractivity contribution in [3.05, 3.63) is 53.3 Å². The highest BCUT2D eigenvalue weighted by Crippen LogP contribution is 2.26. The number of benzene rings is 2. The molecule has 3 nitrogen and oxygen atoms in total. The third kappa shape index (κ3) is 3.05. The number of nitrogen functional groups attached to an aromatic ring is 1. The van der Waals surface area contributed by atoms with Crippen molar-refractivity contribution >= 4 is 28.7 Å². The van der Waals surface area contributed by atoms with Gasteiger partial charge in [0.15, 0.2) is 0 Å². The van der Waals surface area contributed by atoms with Crippen molar-refractivity contribution in [2.24, 2.45) is 0 Å². The second-order valence-corrected chi connectivity index (χ2v) is 5.59. The van der Waals surface area contributed by atoms with E-state index in [0.29, 0.717) is 5.69 Å². The number of nitrogens with two attached hydrogens (primary N) is 1. The van der Waals surface area contributed by atoms with Gasteiger partial charge in [0.1, 0.15) is 5.82 Å². The second kappa shape index (κ2) is 5.82. The first-order valence-electron chi connectivity index (χ1n) is 6.94. The molecule has 5 heteroatoms.